The van der Waals surface area contributed by atoms with Crippen LogP contribution in [0.15, 0.2) is 29.6 Å². The van der Waals surface area contributed by atoms with E-state index in [9.17, 15) is 4.39 Å². The molecule has 0 aliphatic carbocycles. The highest BCUT2D eigenvalue weighted by molar-refractivity contribution is 7.14. The van der Waals surface area contributed by atoms with Crippen molar-refractivity contribution in [3.63, 3.8) is 0 Å². The number of rotatable bonds is 3. The van der Waals surface area contributed by atoms with Crippen LogP contribution in [0.3, 0.4) is 0 Å². The molecule has 2 aliphatic heterocycles. The molecule has 1 aromatic carbocycles. The number of hydrogen-bond acceptors (Lipinski definition) is 5. The van der Waals surface area contributed by atoms with E-state index in [4.69, 9.17) is 4.98 Å². The van der Waals surface area contributed by atoms with Crippen LogP contribution in [0.5, 0.6) is 0 Å². The fraction of sp³-hybridized carbons (Fsp3) is 0.450. The summed E-state index contributed by atoms with van der Waals surface area (Å²) in [7, 11) is 0. The van der Waals surface area contributed by atoms with Gasteiger partial charge in [-0.25, -0.2) is 9.37 Å². The van der Waals surface area contributed by atoms with Crippen LogP contribution in [0, 0.1) is 5.82 Å². The van der Waals surface area contributed by atoms with E-state index in [1.807, 2.05) is 0 Å². The van der Waals surface area contributed by atoms with E-state index in [0.29, 0.717) is 0 Å². The Bertz CT molecular complexity index is 932. The Hall–Kier alpha value is -2.28. The summed E-state index contributed by atoms with van der Waals surface area (Å²) in [6.45, 7) is 2.02. The molecular weight excluding hydrogens is 361 g/mol. The van der Waals surface area contributed by atoms with Gasteiger partial charge < -0.3 is 9.47 Å². The minimum absolute atomic E-state index is 0.221. The Kier molecular flexibility index (Phi) is 4.39. The number of anilines is 1. The molecule has 2 aliphatic rings. The van der Waals surface area contributed by atoms with Crippen molar-refractivity contribution in [3.05, 3.63) is 47.1 Å². The predicted molar refractivity (Wildman–Crippen MR) is 104 cm³/mol. The first-order valence-electron chi connectivity index (χ1n) is 9.70. The van der Waals surface area contributed by atoms with Crippen LogP contribution in [-0.2, 0) is 13.0 Å². The number of hydrogen-bond donors (Lipinski definition) is 0. The topological polar surface area (TPSA) is 46.8 Å². The number of aromatic nitrogens is 4. The minimum atomic E-state index is -0.221. The van der Waals surface area contributed by atoms with E-state index in [0.717, 1.165) is 60.4 Å². The number of aryl methyl sites for hydroxylation is 1. The van der Waals surface area contributed by atoms with Gasteiger partial charge in [0.05, 0.1) is 11.7 Å². The summed E-state index contributed by atoms with van der Waals surface area (Å²) in [6, 6.07) is 6.79. The summed E-state index contributed by atoms with van der Waals surface area (Å²) in [4.78, 5) is 7.22. The van der Waals surface area contributed by atoms with Crippen molar-refractivity contribution in [3.8, 4) is 11.3 Å². The molecule has 0 saturated carbocycles. The second-order valence-corrected chi connectivity index (χ2v) is 8.15. The Balaban J connectivity index is 1.44. The van der Waals surface area contributed by atoms with Gasteiger partial charge in [-0.2, -0.15) is 0 Å². The molecule has 2 aromatic heterocycles. The number of thiazole rings is 1. The monoisotopic (exact) mass is 383 g/mol. The molecule has 0 spiro atoms. The molecule has 7 heteroatoms. The predicted octanol–water partition coefficient (Wildman–Crippen LogP) is 4.61. The third-order valence-electron chi connectivity index (χ3n) is 5.57. The zero-order valence-electron chi connectivity index (χ0n) is 15.1. The number of fused-ring (bicyclic) bond motifs is 1. The van der Waals surface area contributed by atoms with Gasteiger partial charge in [-0.1, -0.05) is 6.42 Å². The molecule has 5 rings (SSSR count). The van der Waals surface area contributed by atoms with Gasteiger partial charge in [0.25, 0.3) is 0 Å². The van der Waals surface area contributed by atoms with Gasteiger partial charge >= 0.3 is 0 Å². The van der Waals surface area contributed by atoms with Crippen LogP contribution in [0.2, 0.25) is 0 Å². The lowest BCUT2D eigenvalue weighted by Crippen LogP contribution is -2.25. The fourth-order valence-electron chi connectivity index (χ4n) is 4.17. The fourth-order valence-corrected chi connectivity index (χ4v) is 5.08. The molecule has 0 bridgehead atoms. The highest BCUT2D eigenvalue weighted by atomic mass is 32.1. The van der Waals surface area contributed by atoms with E-state index >= 15 is 0 Å². The van der Waals surface area contributed by atoms with E-state index in [-0.39, 0.29) is 11.9 Å². The van der Waals surface area contributed by atoms with Gasteiger partial charge in [0, 0.05) is 30.5 Å². The lowest BCUT2D eigenvalue weighted by atomic mass is 10.2. The first-order valence-corrected chi connectivity index (χ1v) is 10.6. The van der Waals surface area contributed by atoms with E-state index < -0.39 is 0 Å². The smallest absolute Gasteiger partial charge is 0.186 e. The summed E-state index contributed by atoms with van der Waals surface area (Å²) in [6.07, 6.45) is 6.94. The molecule has 140 valence electrons. The zero-order valence-corrected chi connectivity index (χ0v) is 16.0. The lowest BCUT2D eigenvalue weighted by molar-refractivity contribution is 0.559. The molecule has 0 N–H and O–H groups in total. The van der Waals surface area contributed by atoms with Crippen molar-refractivity contribution in [2.45, 2.75) is 51.1 Å². The molecule has 4 heterocycles. The van der Waals surface area contributed by atoms with Gasteiger partial charge in [-0.15, -0.1) is 21.5 Å². The van der Waals surface area contributed by atoms with Crippen molar-refractivity contribution < 1.29 is 4.39 Å². The van der Waals surface area contributed by atoms with Crippen LogP contribution in [0.1, 0.15) is 49.8 Å². The normalized spacial score (nSPS) is 19.9. The third-order valence-corrected chi connectivity index (χ3v) is 6.44. The Morgan fingerprint density at radius 1 is 1.00 bits per heavy atom. The maximum atomic E-state index is 13.2. The van der Waals surface area contributed by atoms with E-state index in [1.54, 1.807) is 23.5 Å². The molecule has 1 fully saturated rings. The maximum absolute atomic E-state index is 13.2. The Morgan fingerprint density at radius 3 is 2.78 bits per heavy atom. The summed E-state index contributed by atoms with van der Waals surface area (Å²) in [5, 5.41) is 12.1. The van der Waals surface area contributed by atoms with Crippen molar-refractivity contribution in [1.82, 2.24) is 19.7 Å². The quantitative estimate of drug-likeness (QED) is 0.663. The maximum Gasteiger partial charge on any atom is 0.186 e. The van der Waals surface area contributed by atoms with Crippen LogP contribution in [-0.4, -0.2) is 26.3 Å². The van der Waals surface area contributed by atoms with Crippen LogP contribution in [0.4, 0.5) is 9.52 Å². The third kappa shape index (κ3) is 3.14. The van der Waals surface area contributed by atoms with Crippen molar-refractivity contribution in [2.24, 2.45) is 0 Å². The van der Waals surface area contributed by atoms with E-state index in [2.05, 4.69) is 25.0 Å². The largest absolute Gasteiger partial charge is 0.338 e. The van der Waals surface area contributed by atoms with Crippen molar-refractivity contribution in [2.75, 3.05) is 11.4 Å². The molecule has 27 heavy (non-hydrogen) atoms. The van der Waals surface area contributed by atoms with Gasteiger partial charge in [-0.3, -0.25) is 0 Å². The highest BCUT2D eigenvalue weighted by Crippen LogP contribution is 2.39. The van der Waals surface area contributed by atoms with Gasteiger partial charge in [-0.05, 0) is 49.9 Å². The zero-order chi connectivity index (χ0) is 18.2. The standard InChI is InChI=1S/C20H22FN5S/c21-15-9-7-14(8-10-15)16-13-27-20(22-16)25-12-4-5-17(25)19-24-23-18-6-2-1-3-11-26(18)19/h7-10,13,17H,1-6,11-12H2. The molecular formula is C20H22FN5S. The summed E-state index contributed by atoms with van der Waals surface area (Å²) in [5.41, 5.74) is 1.85. The first kappa shape index (κ1) is 16.9. The van der Waals surface area contributed by atoms with Gasteiger partial charge in [0.1, 0.15) is 11.6 Å². The highest BCUT2D eigenvalue weighted by Gasteiger charge is 2.33. The van der Waals surface area contributed by atoms with Gasteiger partial charge in [0.2, 0.25) is 0 Å². The molecule has 1 atom stereocenters. The SMILES string of the molecule is Fc1ccc(-c2csc(N3CCCC3c3nnc4n3CCCCC4)n2)cc1. The minimum Gasteiger partial charge on any atom is -0.338 e. The number of halogens is 1. The second kappa shape index (κ2) is 7.03. The molecule has 5 nitrogen and oxygen atoms in total. The second-order valence-electron chi connectivity index (χ2n) is 7.31. The average molecular weight is 383 g/mol. The summed E-state index contributed by atoms with van der Waals surface area (Å²) < 4.78 is 15.5. The molecule has 0 amide bonds. The molecule has 1 unspecified atom stereocenters. The molecule has 1 saturated heterocycles. The lowest BCUT2D eigenvalue weighted by Gasteiger charge is -2.24. The number of nitrogens with zero attached hydrogens (tertiary/aromatic N) is 5. The van der Waals surface area contributed by atoms with Crippen LogP contribution >= 0.6 is 11.3 Å². The molecule has 3 aromatic rings. The molecule has 0 radical (unpaired) electrons. The average Bonchev–Trinajstić information content (AvgIpc) is 3.39. The van der Waals surface area contributed by atoms with Crippen LogP contribution < -0.4 is 4.90 Å². The van der Waals surface area contributed by atoms with Crippen molar-refractivity contribution >= 4 is 16.5 Å². The first-order chi connectivity index (χ1) is 13.3. The van der Waals surface area contributed by atoms with Crippen molar-refractivity contribution in [1.29, 1.82) is 0 Å². The Morgan fingerprint density at radius 2 is 1.89 bits per heavy atom. The van der Waals surface area contributed by atoms with Crippen LogP contribution in [0.25, 0.3) is 11.3 Å². The van der Waals surface area contributed by atoms with Gasteiger partial charge in [0.15, 0.2) is 11.0 Å². The Labute approximate surface area is 161 Å². The summed E-state index contributed by atoms with van der Waals surface area (Å²) >= 11 is 1.65. The number of benzene rings is 1. The van der Waals surface area contributed by atoms with E-state index in [1.165, 1.54) is 31.4 Å². The summed E-state index contributed by atoms with van der Waals surface area (Å²) in [5.74, 6) is 2.02.